The first kappa shape index (κ1) is 14.8. The maximum Gasteiger partial charge on any atom is 0.202 e. The standard InChI is InChI=1S/C18H20O4/c1-10-15(11-5-7-12(21-3)8-6-11)16-17(20)13(22-4)9-14(19)18(10,16)2/h5-10,15-16H,1-4H3/t10-,15+,16-,18+/m1/s1. The van der Waals surface area contributed by atoms with E-state index < -0.39 is 5.41 Å². The summed E-state index contributed by atoms with van der Waals surface area (Å²) in [6, 6.07) is 7.73. The fourth-order valence-corrected chi connectivity index (χ4v) is 3.98. The van der Waals surface area contributed by atoms with Crippen molar-refractivity contribution in [2.24, 2.45) is 17.3 Å². The van der Waals surface area contributed by atoms with Crippen molar-refractivity contribution >= 4 is 11.6 Å². The predicted octanol–water partition coefficient (Wildman–Crippen LogP) is 2.73. The second-order valence-corrected chi connectivity index (χ2v) is 6.29. The number of hydrogen-bond donors (Lipinski definition) is 0. The zero-order valence-electron chi connectivity index (χ0n) is 13.3. The first-order chi connectivity index (χ1) is 10.4. The lowest BCUT2D eigenvalue weighted by Gasteiger charge is -2.58. The maximum absolute atomic E-state index is 12.7. The van der Waals surface area contributed by atoms with Crippen molar-refractivity contribution in [1.82, 2.24) is 0 Å². The van der Waals surface area contributed by atoms with E-state index in [1.54, 1.807) is 7.11 Å². The van der Waals surface area contributed by atoms with Crippen LogP contribution in [-0.4, -0.2) is 25.8 Å². The molecule has 0 amide bonds. The summed E-state index contributed by atoms with van der Waals surface area (Å²) < 4.78 is 10.3. The molecule has 4 nitrogen and oxygen atoms in total. The number of carbonyl (C=O) groups is 2. The summed E-state index contributed by atoms with van der Waals surface area (Å²) in [6.45, 7) is 3.94. The van der Waals surface area contributed by atoms with E-state index in [1.807, 2.05) is 38.1 Å². The summed E-state index contributed by atoms with van der Waals surface area (Å²) in [5.74, 6) is 0.682. The molecule has 0 aromatic heterocycles. The van der Waals surface area contributed by atoms with Gasteiger partial charge in [-0.05, 0) is 29.5 Å². The molecule has 0 bridgehead atoms. The summed E-state index contributed by atoms with van der Waals surface area (Å²) >= 11 is 0. The van der Waals surface area contributed by atoms with Crippen molar-refractivity contribution in [3.63, 3.8) is 0 Å². The number of ether oxygens (including phenoxy) is 2. The molecule has 0 N–H and O–H groups in total. The predicted molar refractivity (Wildman–Crippen MR) is 81.6 cm³/mol. The summed E-state index contributed by atoms with van der Waals surface area (Å²) in [6.07, 6.45) is 1.36. The van der Waals surface area contributed by atoms with E-state index in [0.29, 0.717) is 0 Å². The minimum absolute atomic E-state index is 0.00814. The number of benzene rings is 1. The fourth-order valence-electron chi connectivity index (χ4n) is 3.98. The second kappa shape index (κ2) is 4.97. The average Bonchev–Trinajstić information content (AvgIpc) is 2.54. The Morgan fingerprint density at radius 1 is 1.05 bits per heavy atom. The average molecular weight is 300 g/mol. The number of Topliss-reactive ketones (excluding diaryl/α,β-unsaturated/α-hetero) is 1. The molecule has 1 saturated carbocycles. The van der Waals surface area contributed by atoms with Crippen molar-refractivity contribution in [2.45, 2.75) is 19.8 Å². The Bertz CT molecular complexity index is 658. The Morgan fingerprint density at radius 2 is 1.68 bits per heavy atom. The van der Waals surface area contributed by atoms with Crippen molar-refractivity contribution < 1.29 is 19.1 Å². The molecule has 0 radical (unpaired) electrons. The van der Waals surface area contributed by atoms with Crippen LogP contribution in [0.4, 0.5) is 0 Å². The number of fused-ring (bicyclic) bond motifs is 1. The zero-order chi connectivity index (χ0) is 16.1. The first-order valence-corrected chi connectivity index (χ1v) is 7.43. The lowest BCUT2D eigenvalue weighted by molar-refractivity contribution is -0.159. The molecule has 1 aromatic rings. The van der Waals surface area contributed by atoms with Crippen LogP contribution in [0.2, 0.25) is 0 Å². The smallest absolute Gasteiger partial charge is 0.202 e. The Hall–Kier alpha value is -2.10. The molecule has 3 rings (SSSR count). The third-order valence-corrected chi connectivity index (χ3v) is 5.53. The summed E-state index contributed by atoms with van der Waals surface area (Å²) in [7, 11) is 3.06. The molecule has 0 aliphatic heterocycles. The normalized spacial score (nSPS) is 33.6. The van der Waals surface area contributed by atoms with Gasteiger partial charge in [-0.25, -0.2) is 0 Å². The van der Waals surface area contributed by atoms with Crippen LogP contribution in [0.5, 0.6) is 5.75 Å². The lowest BCUT2D eigenvalue weighted by Crippen LogP contribution is -2.61. The third kappa shape index (κ3) is 1.76. The monoisotopic (exact) mass is 300 g/mol. The van der Waals surface area contributed by atoms with Gasteiger partial charge in [0.2, 0.25) is 5.78 Å². The highest BCUT2D eigenvalue weighted by Crippen LogP contribution is 2.63. The molecule has 4 heteroatoms. The van der Waals surface area contributed by atoms with Gasteiger partial charge >= 0.3 is 0 Å². The van der Waals surface area contributed by atoms with Gasteiger partial charge < -0.3 is 9.47 Å². The van der Waals surface area contributed by atoms with E-state index in [-0.39, 0.29) is 35.1 Å². The number of ketones is 2. The molecule has 1 aromatic carbocycles. The number of hydrogen-bond acceptors (Lipinski definition) is 4. The molecule has 0 unspecified atom stereocenters. The second-order valence-electron chi connectivity index (χ2n) is 6.29. The van der Waals surface area contributed by atoms with E-state index in [0.717, 1.165) is 11.3 Å². The topological polar surface area (TPSA) is 52.6 Å². The summed E-state index contributed by atoms with van der Waals surface area (Å²) in [5.41, 5.74) is 0.443. The zero-order valence-corrected chi connectivity index (χ0v) is 13.3. The highest BCUT2D eigenvalue weighted by atomic mass is 16.5. The molecule has 4 atom stereocenters. The van der Waals surface area contributed by atoms with Crippen molar-refractivity contribution in [2.75, 3.05) is 14.2 Å². The first-order valence-electron chi connectivity index (χ1n) is 7.43. The Labute approximate surface area is 130 Å². The van der Waals surface area contributed by atoms with Crippen LogP contribution in [0, 0.1) is 17.3 Å². The molecule has 0 spiro atoms. The van der Waals surface area contributed by atoms with Crippen LogP contribution in [0.15, 0.2) is 36.1 Å². The highest BCUT2D eigenvalue weighted by molar-refractivity contribution is 6.13. The minimum atomic E-state index is -0.621. The van der Waals surface area contributed by atoms with E-state index in [2.05, 4.69) is 0 Å². The Balaban J connectivity index is 2.00. The van der Waals surface area contributed by atoms with Crippen molar-refractivity contribution in [3.8, 4) is 5.75 Å². The van der Waals surface area contributed by atoms with Gasteiger partial charge in [-0.3, -0.25) is 9.59 Å². The van der Waals surface area contributed by atoms with E-state index in [1.165, 1.54) is 13.2 Å². The Kier molecular flexibility index (Phi) is 3.35. The largest absolute Gasteiger partial charge is 0.497 e. The van der Waals surface area contributed by atoms with Crippen LogP contribution in [0.25, 0.3) is 0 Å². The molecule has 116 valence electrons. The maximum atomic E-state index is 12.7. The van der Waals surface area contributed by atoms with Crippen molar-refractivity contribution in [1.29, 1.82) is 0 Å². The molecule has 2 aliphatic carbocycles. The van der Waals surface area contributed by atoms with Gasteiger partial charge in [0.1, 0.15) is 5.75 Å². The van der Waals surface area contributed by atoms with Gasteiger partial charge in [0.25, 0.3) is 0 Å². The Morgan fingerprint density at radius 3 is 2.23 bits per heavy atom. The summed E-state index contributed by atoms with van der Waals surface area (Å²) in [5, 5.41) is 0. The quantitative estimate of drug-likeness (QED) is 0.861. The number of methoxy groups -OCH3 is 2. The number of carbonyl (C=O) groups excluding carboxylic acids is 2. The van der Waals surface area contributed by atoms with Crippen LogP contribution in [-0.2, 0) is 14.3 Å². The van der Waals surface area contributed by atoms with E-state index in [4.69, 9.17) is 9.47 Å². The number of allylic oxidation sites excluding steroid dienone is 2. The van der Waals surface area contributed by atoms with Gasteiger partial charge in [-0.15, -0.1) is 0 Å². The molecular weight excluding hydrogens is 280 g/mol. The van der Waals surface area contributed by atoms with E-state index in [9.17, 15) is 9.59 Å². The molecule has 22 heavy (non-hydrogen) atoms. The SMILES string of the molecule is COC1=CC(=O)[C@]2(C)[C@H](C)[C@@H](c3ccc(OC)cc3)[C@@H]2C1=O. The molecule has 0 saturated heterocycles. The molecule has 1 fully saturated rings. The van der Waals surface area contributed by atoms with Gasteiger partial charge in [-0.2, -0.15) is 0 Å². The molecule has 2 aliphatic rings. The van der Waals surface area contributed by atoms with E-state index >= 15 is 0 Å². The molecule has 0 heterocycles. The van der Waals surface area contributed by atoms with Gasteiger partial charge in [0, 0.05) is 17.4 Å². The lowest BCUT2D eigenvalue weighted by atomic mass is 9.42. The van der Waals surface area contributed by atoms with Crippen LogP contribution in [0.3, 0.4) is 0 Å². The van der Waals surface area contributed by atoms with Crippen LogP contribution < -0.4 is 4.74 Å². The molecular formula is C18H20O4. The van der Waals surface area contributed by atoms with Crippen LogP contribution >= 0.6 is 0 Å². The van der Waals surface area contributed by atoms with Gasteiger partial charge in [0.15, 0.2) is 11.5 Å². The van der Waals surface area contributed by atoms with Gasteiger partial charge in [0.05, 0.1) is 14.2 Å². The van der Waals surface area contributed by atoms with Crippen LogP contribution in [0.1, 0.15) is 25.3 Å². The van der Waals surface area contributed by atoms with Crippen molar-refractivity contribution in [3.05, 3.63) is 41.7 Å². The van der Waals surface area contributed by atoms with Gasteiger partial charge in [-0.1, -0.05) is 26.0 Å². The third-order valence-electron chi connectivity index (χ3n) is 5.53. The minimum Gasteiger partial charge on any atom is -0.497 e. The fraction of sp³-hybridized carbons (Fsp3) is 0.444. The highest BCUT2D eigenvalue weighted by Gasteiger charge is 2.65. The summed E-state index contributed by atoms with van der Waals surface area (Å²) in [4.78, 5) is 25.1. The number of rotatable bonds is 3.